The van der Waals surface area contributed by atoms with Gasteiger partial charge < -0.3 is 27.9 Å². The molecule has 0 saturated heterocycles. The third-order valence-corrected chi connectivity index (χ3v) is 7.67. The number of hydrogen-bond acceptors (Lipinski definition) is 7. The van der Waals surface area contributed by atoms with Crippen LogP contribution in [-0.4, -0.2) is 70.7 Å². The molecule has 9 heteroatoms. The number of carbonyl (C=O) groups is 1. The molecular formula is C34H64NO7P. The minimum atomic E-state index is -4.50. The first-order chi connectivity index (χ1) is 20.6. The molecule has 0 aromatic heterocycles. The van der Waals surface area contributed by atoms with E-state index >= 15 is 0 Å². The predicted molar refractivity (Wildman–Crippen MR) is 176 cm³/mol. The van der Waals surface area contributed by atoms with Crippen LogP contribution < -0.4 is 4.89 Å². The van der Waals surface area contributed by atoms with Gasteiger partial charge in [-0.3, -0.25) is 9.36 Å². The molecule has 0 fully saturated rings. The van der Waals surface area contributed by atoms with E-state index in [0.717, 1.165) is 77.0 Å². The molecule has 0 bridgehead atoms. The van der Waals surface area contributed by atoms with Gasteiger partial charge >= 0.3 is 5.97 Å². The number of phosphoric acid groups is 1. The zero-order valence-electron chi connectivity index (χ0n) is 28.1. The normalized spacial score (nSPS) is 14.7. The van der Waals surface area contributed by atoms with Crippen molar-refractivity contribution in [1.29, 1.82) is 0 Å². The fraction of sp³-hybridized carbons (Fsp3) is 0.794. The van der Waals surface area contributed by atoms with Gasteiger partial charge in [0, 0.05) is 13.0 Å². The van der Waals surface area contributed by atoms with Crippen molar-refractivity contribution in [2.24, 2.45) is 0 Å². The van der Waals surface area contributed by atoms with Crippen molar-refractivity contribution in [3.63, 3.8) is 0 Å². The number of unbranched alkanes of at least 4 members (excludes halogenated alkanes) is 10. The van der Waals surface area contributed by atoms with Crippen molar-refractivity contribution in [2.75, 3.05) is 54.1 Å². The van der Waals surface area contributed by atoms with Crippen LogP contribution >= 0.6 is 7.82 Å². The highest BCUT2D eigenvalue weighted by Gasteiger charge is 2.20. The molecule has 0 aliphatic rings. The third kappa shape index (κ3) is 31.9. The highest BCUT2D eigenvalue weighted by molar-refractivity contribution is 7.45. The first-order valence-corrected chi connectivity index (χ1v) is 18.2. The number of quaternary nitrogens is 1. The number of allylic oxidation sites excluding steroid dienone is 6. The second-order valence-corrected chi connectivity index (χ2v) is 13.6. The summed E-state index contributed by atoms with van der Waals surface area (Å²) in [6.45, 7) is 5.15. The van der Waals surface area contributed by atoms with Crippen LogP contribution in [0, 0.1) is 0 Å². The van der Waals surface area contributed by atoms with Crippen molar-refractivity contribution < 1.29 is 37.3 Å². The quantitative estimate of drug-likeness (QED) is 0.0261. The lowest BCUT2D eigenvalue weighted by Gasteiger charge is -2.28. The topological polar surface area (TPSA) is 94.1 Å². The molecule has 0 saturated carbocycles. The van der Waals surface area contributed by atoms with Gasteiger partial charge in [0.2, 0.25) is 0 Å². The highest BCUT2D eigenvalue weighted by Crippen LogP contribution is 2.38. The van der Waals surface area contributed by atoms with Crippen LogP contribution in [-0.2, 0) is 27.9 Å². The fourth-order valence-electron chi connectivity index (χ4n) is 4.09. The minimum absolute atomic E-state index is 0.0225. The Labute approximate surface area is 264 Å². The van der Waals surface area contributed by atoms with Gasteiger partial charge in [-0.1, -0.05) is 102 Å². The maximum atomic E-state index is 12.4. The van der Waals surface area contributed by atoms with Crippen LogP contribution in [0.4, 0.5) is 0 Å². The Morgan fingerprint density at radius 1 is 0.744 bits per heavy atom. The summed E-state index contributed by atoms with van der Waals surface area (Å²) in [5.41, 5.74) is 0. The van der Waals surface area contributed by atoms with Gasteiger partial charge in [0.25, 0.3) is 7.82 Å². The summed E-state index contributed by atoms with van der Waals surface area (Å²) < 4.78 is 34.1. The molecule has 0 aromatic rings. The van der Waals surface area contributed by atoms with E-state index in [9.17, 15) is 14.3 Å². The Kier molecular flexibility index (Phi) is 27.4. The average molecular weight is 630 g/mol. The van der Waals surface area contributed by atoms with E-state index in [1.54, 1.807) is 0 Å². The molecule has 2 unspecified atom stereocenters. The smallest absolute Gasteiger partial charge is 0.306 e. The lowest BCUT2D eigenvalue weighted by Crippen LogP contribution is -2.37. The van der Waals surface area contributed by atoms with E-state index in [0.29, 0.717) is 24.1 Å². The Morgan fingerprint density at radius 2 is 1.35 bits per heavy atom. The van der Waals surface area contributed by atoms with E-state index in [1.165, 1.54) is 19.3 Å². The van der Waals surface area contributed by atoms with E-state index in [2.05, 4.69) is 50.3 Å². The molecule has 0 N–H and O–H groups in total. The molecule has 0 aliphatic carbocycles. The molecule has 43 heavy (non-hydrogen) atoms. The molecule has 0 spiro atoms. The second-order valence-electron chi connectivity index (χ2n) is 12.1. The van der Waals surface area contributed by atoms with E-state index in [-0.39, 0.29) is 25.8 Å². The summed E-state index contributed by atoms with van der Waals surface area (Å²) in [5, 5.41) is 0. The number of rotatable bonds is 30. The zero-order valence-corrected chi connectivity index (χ0v) is 29.0. The van der Waals surface area contributed by atoms with Gasteiger partial charge in [-0.2, -0.15) is 0 Å². The van der Waals surface area contributed by atoms with Crippen LogP contribution in [0.1, 0.15) is 117 Å². The number of likely N-dealkylation sites (N-methyl/N-ethyl adjacent to an activating group) is 1. The van der Waals surface area contributed by atoms with E-state index < -0.39 is 13.9 Å². The molecule has 0 amide bonds. The number of esters is 1. The SMILES string of the molecule is CC/C=C\C/C=C\C/C=C\CCCCCCCCOCC(COP(=O)([O-])OCC[N+](C)(C)C)OC(=O)CCCCCCC. The molecule has 252 valence electrons. The Morgan fingerprint density at radius 3 is 2.02 bits per heavy atom. The summed E-state index contributed by atoms with van der Waals surface area (Å²) in [6, 6.07) is 0. The lowest BCUT2D eigenvalue weighted by molar-refractivity contribution is -0.870. The van der Waals surface area contributed by atoms with Crippen molar-refractivity contribution in [3.8, 4) is 0 Å². The van der Waals surface area contributed by atoms with Crippen molar-refractivity contribution in [1.82, 2.24) is 0 Å². The summed E-state index contributed by atoms with van der Waals surface area (Å²) in [7, 11) is 1.34. The molecule has 0 heterocycles. The Balaban J connectivity index is 4.22. The monoisotopic (exact) mass is 629 g/mol. The molecule has 8 nitrogen and oxygen atoms in total. The number of carbonyl (C=O) groups excluding carboxylic acids is 1. The maximum absolute atomic E-state index is 12.4. The molecule has 0 rings (SSSR count). The van der Waals surface area contributed by atoms with Gasteiger partial charge in [-0.15, -0.1) is 0 Å². The summed E-state index contributed by atoms with van der Waals surface area (Å²) >= 11 is 0. The molecule has 0 aromatic carbocycles. The number of phosphoric ester groups is 1. The zero-order chi connectivity index (χ0) is 32.1. The van der Waals surface area contributed by atoms with Crippen LogP contribution in [0.25, 0.3) is 0 Å². The highest BCUT2D eigenvalue weighted by atomic mass is 31.2. The Bertz CT molecular complexity index is 792. The van der Waals surface area contributed by atoms with E-state index in [1.807, 2.05) is 21.1 Å². The van der Waals surface area contributed by atoms with Crippen LogP contribution in [0.3, 0.4) is 0 Å². The van der Waals surface area contributed by atoms with Crippen LogP contribution in [0.15, 0.2) is 36.5 Å². The van der Waals surface area contributed by atoms with Gasteiger partial charge in [-0.25, -0.2) is 0 Å². The second kappa shape index (κ2) is 28.2. The van der Waals surface area contributed by atoms with Gasteiger partial charge in [0.1, 0.15) is 19.3 Å². The number of hydrogen-bond donors (Lipinski definition) is 0. The largest absolute Gasteiger partial charge is 0.756 e. The van der Waals surface area contributed by atoms with Gasteiger partial charge in [0.15, 0.2) is 0 Å². The summed E-state index contributed by atoms with van der Waals surface area (Å²) in [4.78, 5) is 24.6. The van der Waals surface area contributed by atoms with E-state index in [4.69, 9.17) is 18.5 Å². The molecule has 0 radical (unpaired) electrons. The summed E-state index contributed by atoms with van der Waals surface area (Å²) in [5.74, 6) is -0.355. The summed E-state index contributed by atoms with van der Waals surface area (Å²) in [6.07, 6.45) is 29.0. The predicted octanol–water partition coefficient (Wildman–Crippen LogP) is 8.07. The van der Waals surface area contributed by atoms with Crippen molar-refractivity contribution in [2.45, 2.75) is 123 Å². The van der Waals surface area contributed by atoms with Crippen LogP contribution in [0.2, 0.25) is 0 Å². The Hall–Kier alpha value is -1.28. The van der Waals surface area contributed by atoms with Gasteiger partial charge in [0.05, 0.1) is 34.4 Å². The number of nitrogens with zero attached hydrogens (tertiary/aromatic N) is 1. The van der Waals surface area contributed by atoms with Crippen LogP contribution in [0.5, 0.6) is 0 Å². The van der Waals surface area contributed by atoms with Gasteiger partial charge in [-0.05, 0) is 44.9 Å². The minimum Gasteiger partial charge on any atom is -0.756 e. The fourth-order valence-corrected chi connectivity index (χ4v) is 4.82. The average Bonchev–Trinajstić information content (AvgIpc) is 2.94. The standard InChI is InChI=1S/C34H64NO7P/c1-6-8-10-12-13-14-15-16-17-18-19-20-21-22-24-26-29-39-31-33(42-34(36)27-25-23-11-9-7-2)32-41-43(37,38)40-30-28-35(3,4)5/h8,10,13-14,16-17,33H,6-7,9,11-12,15,18-32H2,1-5H3/b10-8-,14-13-,17-16-. The lowest BCUT2D eigenvalue weighted by atomic mass is 10.1. The molecular weight excluding hydrogens is 565 g/mol. The number of ether oxygens (including phenoxy) is 2. The molecule has 0 aliphatic heterocycles. The molecule has 2 atom stereocenters. The first-order valence-electron chi connectivity index (χ1n) is 16.7. The van der Waals surface area contributed by atoms with Crippen molar-refractivity contribution >= 4 is 13.8 Å². The third-order valence-electron chi connectivity index (χ3n) is 6.71. The maximum Gasteiger partial charge on any atom is 0.306 e. The first kappa shape index (κ1) is 41.7. The van der Waals surface area contributed by atoms with Crippen molar-refractivity contribution in [3.05, 3.63) is 36.5 Å².